The Labute approximate surface area is 190 Å². The van der Waals surface area contributed by atoms with Crippen LogP contribution in [0.1, 0.15) is 5.56 Å². The SMILES string of the molecule is C=CC(=O)Nc1cc2c(Nc3ccc(F)c(Cl)c3)ncnc2cc1CN1CCN(C)CC1. The molecule has 32 heavy (non-hydrogen) atoms. The zero-order valence-corrected chi connectivity index (χ0v) is 18.5. The van der Waals surface area contributed by atoms with E-state index in [1.54, 1.807) is 6.07 Å². The van der Waals surface area contributed by atoms with Crippen molar-refractivity contribution in [2.75, 3.05) is 43.9 Å². The molecule has 0 atom stereocenters. The van der Waals surface area contributed by atoms with Crippen LogP contribution < -0.4 is 10.6 Å². The van der Waals surface area contributed by atoms with Gasteiger partial charge in [-0.2, -0.15) is 0 Å². The van der Waals surface area contributed by atoms with Gasteiger partial charge in [0.1, 0.15) is 18.0 Å². The molecule has 1 fully saturated rings. The maximum Gasteiger partial charge on any atom is 0.247 e. The summed E-state index contributed by atoms with van der Waals surface area (Å²) in [5.41, 5.74) is 2.97. The zero-order chi connectivity index (χ0) is 22.7. The van der Waals surface area contributed by atoms with Crippen molar-refractivity contribution in [2.24, 2.45) is 0 Å². The number of anilines is 3. The Morgan fingerprint density at radius 3 is 2.72 bits per heavy atom. The zero-order valence-electron chi connectivity index (χ0n) is 17.7. The van der Waals surface area contributed by atoms with Crippen LogP contribution in [0.25, 0.3) is 10.9 Å². The monoisotopic (exact) mass is 454 g/mol. The van der Waals surface area contributed by atoms with Crippen molar-refractivity contribution in [2.45, 2.75) is 6.54 Å². The molecule has 1 aliphatic rings. The van der Waals surface area contributed by atoms with Gasteiger partial charge in [-0.1, -0.05) is 18.2 Å². The first-order valence-corrected chi connectivity index (χ1v) is 10.6. The Balaban J connectivity index is 1.70. The number of likely N-dealkylation sites (N-methyl/N-ethyl adjacent to an activating group) is 1. The molecule has 9 heteroatoms. The Morgan fingerprint density at radius 1 is 1.22 bits per heavy atom. The van der Waals surface area contributed by atoms with E-state index >= 15 is 0 Å². The second kappa shape index (κ2) is 9.60. The van der Waals surface area contributed by atoms with Gasteiger partial charge in [0.2, 0.25) is 5.91 Å². The Kier molecular flexibility index (Phi) is 6.64. The molecule has 0 unspecified atom stereocenters. The molecule has 0 spiro atoms. The molecule has 0 saturated carbocycles. The molecule has 7 nitrogen and oxygen atoms in total. The number of rotatable bonds is 6. The van der Waals surface area contributed by atoms with E-state index in [2.05, 4.69) is 44.0 Å². The summed E-state index contributed by atoms with van der Waals surface area (Å²) in [6.45, 7) is 8.14. The lowest BCUT2D eigenvalue weighted by Gasteiger charge is -2.32. The molecule has 1 saturated heterocycles. The van der Waals surface area contributed by atoms with E-state index in [0.29, 0.717) is 23.7 Å². The number of amides is 1. The lowest BCUT2D eigenvalue weighted by Crippen LogP contribution is -2.44. The van der Waals surface area contributed by atoms with Crippen LogP contribution in [0.4, 0.5) is 21.6 Å². The third-order valence-electron chi connectivity index (χ3n) is 5.48. The third kappa shape index (κ3) is 5.04. The van der Waals surface area contributed by atoms with Gasteiger partial charge in [-0.3, -0.25) is 9.69 Å². The number of hydrogen-bond donors (Lipinski definition) is 2. The highest BCUT2D eigenvalue weighted by Crippen LogP contribution is 2.30. The number of aromatic nitrogens is 2. The van der Waals surface area contributed by atoms with E-state index < -0.39 is 5.82 Å². The normalized spacial score (nSPS) is 15.0. The van der Waals surface area contributed by atoms with Gasteiger partial charge in [0.25, 0.3) is 0 Å². The van der Waals surface area contributed by atoms with E-state index in [4.69, 9.17) is 11.6 Å². The maximum absolute atomic E-state index is 13.5. The van der Waals surface area contributed by atoms with Gasteiger partial charge in [-0.15, -0.1) is 0 Å². The quantitative estimate of drug-likeness (QED) is 0.548. The molecule has 2 aromatic carbocycles. The topological polar surface area (TPSA) is 73.4 Å². The van der Waals surface area contributed by atoms with Crippen molar-refractivity contribution in [1.82, 2.24) is 19.8 Å². The van der Waals surface area contributed by atoms with Gasteiger partial charge in [0.15, 0.2) is 0 Å². The number of piperazine rings is 1. The van der Waals surface area contributed by atoms with Crippen LogP contribution in [-0.2, 0) is 11.3 Å². The van der Waals surface area contributed by atoms with Gasteiger partial charge < -0.3 is 15.5 Å². The highest BCUT2D eigenvalue weighted by Gasteiger charge is 2.18. The number of carbonyl (C=O) groups excluding carboxylic acids is 1. The van der Waals surface area contributed by atoms with Gasteiger partial charge in [-0.05, 0) is 49.0 Å². The van der Waals surface area contributed by atoms with Crippen LogP contribution in [0.3, 0.4) is 0 Å². The minimum atomic E-state index is -0.493. The van der Waals surface area contributed by atoms with Crippen molar-refractivity contribution in [3.8, 4) is 0 Å². The van der Waals surface area contributed by atoms with Crippen LogP contribution in [0.5, 0.6) is 0 Å². The third-order valence-corrected chi connectivity index (χ3v) is 5.77. The minimum Gasteiger partial charge on any atom is -0.340 e. The largest absolute Gasteiger partial charge is 0.340 e. The van der Waals surface area contributed by atoms with Gasteiger partial charge >= 0.3 is 0 Å². The molecule has 0 aliphatic carbocycles. The molecule has 166 valence electrons. The molecular weight excluding hydrogens is 431 g/mol. The molecule has 1 aromatic heterocycles. The van der Waals surface area contributed by atoms with Crippen LogP contribution in [0, 0.1) is 5.82 Å². The fourth-order valence-corrected chi connectivity index (χ4v) is 3.81. The lowest BCUT2D eigenvalue weighted by molar-refractivity contribution is -0.111. The molecule has 1 amide bonds. The van der Waals surface area contributed by atoms with Crippen LogP contribution in [0.15, 0.2) is 49.3 Å². The summed E-state index contributed by atoms with van der Waals surface area (Å²) in [6, 6.07) is 8.19. The first kappa shape index (κ1) is 22.1. The van der Waals surface area contributed by atoms with E-state index in [1.807, 2.05) is 12.1 Å². The average molecular weight is 455 g/mol. The lowest BCUT2D eigenvalue weighted by atomic mass is 10.1. The second-order valence-corrected chi connectivity index (χ2v) is 8.18. The summed E-state index contributed by atoms with van der Waals surface area (Å²) in [6.07, 6.45) is 2.71. The van der Waals surface area contributed by atoms with Crippen molar-refractivity contribution in [3.63, 3.8) is 0 Å². The molecular formula is C23H24ClFN6O. The first-order chi connectivity index (χ1) is 15.4. The van der Waals surface area contributed by atoms with Crippen LogP contribution in [-0.4, -0.2) is 58.9 Å². The van der Waals surface area contributed by atoms with E-state index in [0.717, 1.165) is 42.6 Å². The number of carbonyl (C=O) groups is 1. The highest BCUT2D eigenvalue weighted by molar-refractivity contribution is 6.31. The maximum atomic E-state index is 13.5. The predicted molar refractivity (Wildman–Crippen MR) is 126 cm³/mol. The van der Waals surface area contributed by atoms with Crippen LogP contribution >= 0.6 is 11.6 Å². The fourth-order valence-electron chi connectivity index (χ4n) is 3.63. The minimum absolute atomic E-state index is 0.0155. The number of halogens is 2. The van der Waals surface area contributed by atoms with Crippen LogP contribution in [0.2, 0.25) is 5.02 Å². The number of hydrogen-bond acceptors (Lipinski definition) is 6. The molecule has 2 heterocycles. The number of nitrogens with zero attached hydrogens (tertiary/aromatic N) is 4. The summed E-state index contributed by atoms with van der Waals surface area (Å²) in [5.74, 6) is -0.258. The summed E-state index contributed by atoms with van der Waals surface area (Å²) >= 11 is 5.91. The number of nitrogens with one attached hydrogen (secondary N) is 2. The average Bonchev–Trinajstić information content (AvgIpc) is 2.78. The summed E-state index contributed by atoms with van der Waals surface area (Å²) < 4.78 is 13.5. The van der Waals surface area contributed by atoms with E-state index in [-0.39, 0.29) is 10.9 Å². The van der Waals surface area contributed by atoms with E-state index in [1.165, 1.54) is 24.5 Å². The second-order valence-electron chi connectivity index (χ2n) is 7.78. The van der Waals surface area contributed by atoms with Gasteiger partial charge in [0.05, 0.1) is 10.5 Å². The standard InChI is InChI=1S/C23H24ClFN6O/c1-3-22(32)29-20-12-17-21(10-15(20)13-31-8-6-30(2)7-9-31)26-14-27-23(17)28-16-4-5-19(25)18(24)11-16/h3-5,10-12,14H,1,6-9,13H2,2H3,(H,29,32)(H,26,27,28). The van der Waals surface area contributed by atoms with Crippen molar-refractivity contribution >= 4 is 45.6 Å². The van der Waals surface area contributed by atoms with Gasteiger partial charge in [0, 0.05) is 49.5 Å². The Morgan fingerprint density at radius 2 is 2.00 bits per heavy atom. The van der Waals surface area contributed by atoms with E-state index in [9.17, 15) is 9.18 Å². The smallest absolute Gasteiger partial charge is 0.247 e. The molecule has 3 aromatic rings. The predicted octanol–water partition coefficient (Wildman–Crippen LogP) is 4.04. The summed E-state index contributed by atoms with van der Waals surface area (Å²) in [7, 11) is 2.11. The van der Waals surface area contributed by atoms with Crippen molar-refractivity contribution in [3.05, 3.63) is 65.7 Å². The molecule has 0 bridgehead atoms. The van der Waals surface area contributed by atoms with Crippen molar-refractivity contribution < 1.29 is 9.18 Å². The summed E-state index contributed by atoms with van der Waals surface area (Å²) in [5, 5.41) is 6.81. The highest BCUT2D eigenvalue weighted by atomic mass is 35.5. The Bertz CT molecular complexity index is 1160. The fraction of sp³-hybridized carbons (Fsp3) is 0.261. The molecule has 4 rings (SSSR count). The first-order valence-electron chi connectivity index (χ1n) is 10.3. The van der Waals surface area contributed by atoms with Gasteiger partial charge in [-0.25, -0.2) is 14.4 Å². The summed E-state index contributed by atoms with van der Waals surface area (Å²) in [4.78, 5) is 25.5. The van der Waals surface area contributed by atoms with Crippen molar-refractivity contribution in [1.29, 1.82) is 0 Å². The molecule has 0 radical (unpaired) electrons. The molecule has 2 N–H and O–H groups in total. The number of fused-ring (bicyclic) bond motifs is 1. The molecule has 1 aliphatic heterocycles. The Hall–Kier alpha value is -3.07. The number of benzene rings is 2.